The number of amides is 2. The molecule has 0 bridgehead atoms. The molecule has 0 saturated carbocycles. The monoisotopic (exact) mass is 438 g/mol. The van der Waals surface area contributed by atoms with Crippen LogP contribution in [0.15, 0.2) is 24.8 Å². The smallest absolute Gasteiger partial charge is 0.407 e. The van der Waals surface area contributed by atoms with E-state index in [-0.39, 0.29) is 25.1 Å². The summed E-state index contributed by atoms with van der Waals surface area (Å²) in [5.41, 5.74) is 1.74. The molecule has 1 atom stereocenters. The molecule has 2 amide bonds. The summed E-state index contributed by atoms with van der Waals surface area (Å²) in [6.45, 7) is 9.61. The maximum Gasteiger partial charge on any atom is 0.407 e. The van der Waals surface area contributed by atoms with Gasteiger partial charge >= 0.3 is 6.09 Å². The summed E-state index contributed by atoms with van der Waals surface area (Å²) < 4.78 is 32.9. The molecule has 1 unspecified atom stereocenters. The second-order valence-corrected chi connectivity index (χ2v) is 9.84. The van der Waals surface area contributed by atoms with E-state index in [1.807, 2.05) is 18.2 Å². The normalized spacial score (nSPS) is 17.1. The Labute approximate surface area is 178 Å². The Bertz CT molecular complexity index is 905. The average Bonchev–Trinajstić information content (AvgIpc) is 2.98. The Morgan fingerprint density at radius 1 is 1.37 bits per heavy atom. The van der Waals surface area contributed by atoms with Gasteiger partial charge in [-0.1, -0.05) is 30.9 Å². The SMILES string of the molecule is C=Cc1ccc(C2CCC(=O)N2CCNC(=O)OC(C)(C)C)cc1COS(C)(=O)=O. The number of nitrogens with one attached hydrogen (secondary N) is 1. The topological polar surface area (TPSA) is 102 Å². The summed E-state index contributed by atoms with van der Waals surface area (Å²) in [6, 6.07) is 5.43. The highest BCUT2D eigenvalue weighted by Crippen LogP contribution is 2.33. The molecule has 0 aromatic heterocycles. The van der Waals surface area contributed by atoms with Crippen molar-refractivity contribution in [2.24, 2.45) is 0 Å². The second-order valence-electron chi connectivity index (χ2n) is 8.20. The Morgan fingerprint density at radius 3 is 2.67 bits per heavy atom. The van der Waals surface area contributed by atoms with Gasteiger partial charge in [0, 0.05) is 19.5 Å². The van der Waals surface area contributed by atoms with Crippen molar-refractivity contribution in [1.29, 1.82) is 0 Å². The van der Waals surface area contributed by atoms with Crippen molar-refractivity contribution in [2.75, 3.05) is 19.3 Å². The van der Waals surface area contributed by atoms with Crippen LogP contribution in [0, 0.1) is 0 Å². The van der Waals surface area contributed by atoms with Gasteiger partial charge in [0.1, 0.15) is 5.60 Å². The zero-order chi connectivity index (χ0) is 22.5. The minimum Gasteiger partial charge on any atom is -0.444 e. The number of carbonyl (C=O) groups is 2. The van der Waals surface area contributed by atoms with Crippen molar-refractivity contribution >= 4 is 28.2 Å². The third-order valence-electron chi connectivity index (χ3n) is 4.55. The van der Waals surface area contributed by atoms with E-state index >= 15 is 0 Å². The molecule has 1 N–H and O–H groups in total. The summed E-state index contributed by atoms with van der Waals surface area (Å²) in [5, 5.41) is 2.67. The van der Waals surface area contributed by atoms with E-state index < -0.39 is 21.8 Å². The van der Waals surface area contributed by atoms with Crippen molar-refractivity contribution in [2.45, 2.75) is 51.9 Å². The first-order valence-electron chi connectivity index (χ1n) is 9.75. The number of benzene rings is 1. The van der Waals surface area contributed by atoms with Crippen LogP contribution in [-0.2, 0) is 30.4 Å². The minimum absolute atomic E-state index is 0.00715. The Morgan fingerprint density at radius 2 is 2.07 bits per heavy atom. The van der Waals surface area contributed by atoms with Crippen molar-refractivity contribution in [3.05, 3.63) is 41.5 Å². The number of ether oxygens (including phenoxy) is 1. The highest BCUT2D eigenvalue weighted by Gasteiger charge is 2.32. The predicted molar refractivity (Wildman–Crippen MR) is 114 cm³/mol. The third-order valence-corrected chi connectivity index (χ3v) is 5.10. The quantitative estimate of drug-likeness (QED) is 0.626. The molecule has 1 fully saturated rings. The maximum atomic E-state index is 12.4. The Balaban J connectivity index is 2.10. The molecule has 2 rings (SSSR count). The number of hydrogen-bond donors (Lipinski definition) is 1. The van der Waals surface area contributed by atoms with Crippen LogP contribution in [0.25, 0.3) is 6.08 Å². The molecule has 30 heavy (non-hydrogen) atoms. The van der Waals surface area contributed by atoms with Crippen LogP contribution < -0.4 is 5.32 Å². The van der Waals surface area contributed by atoms with Gasteiger partial charge in [0.15, 0.2) is 0 Å². The predicted octanol–water partition coefficient (Wildman–Crippen LogP) is 2.99. The van der Waals surface area contributed by atoms with Gasteiger partial charge in [0.2, 0.25) is 5.91 Å². The van der Waals surface area contributed by atoms with Crippen LogP contribution in [0.1, 0.15) is 56.3 Å². The number of hydrogen-bond acceptors (Lipinski definition) is 6. The molecule has 8 nitrogen and oxygen atoms in total. The fourth-order valence-electron chi connectivity index (χ4n) is 3.28. The molecule has 1 aromatic carbocycles. The average molecular weight is 439 g/mol. The lowest BCUT2D eigenvalue weighted by Crippen LogP contribution is -2.39. The fraction of sp³-hybridized carbons (Fsp3) is 0.524. The van der Waals surface area contributed by atoms with Crippen LogP contribution in [0.5, 0.6) is 0 Å². The van der Waals surface area contributed by atoms with Gasteiger partial charge in [-0.25, -0.2) is 4.79 Å². The molecular weight excluding hydrogens is 408 g/mol. The van der Waals surface area contributed by atoms with Crippen molar-refractivity contribution < 1.29 is 26.9 Å². The fourth-order valence-corrected chi connectivity index (χ4v) is 3.62. The summed E-state index contributed by atoms with van der Waals surface area (Å²) in [6.07, 6.45) is 3.16. The van der Waals surface area contributed by atoms with Gasteiger partial charge in [-0.05, 0) is 43.9 Å². The number of nitrogens with zero attached hydrogens (tertiary/aromatic N) is 1. The van der Waals surface area contributed by atoms with Gasteiger partial charge in [0.25, 0.3) is 10.1 Å². The van der Waals surface area contributed by atoms with Crippen molar-refractivity contribution in [3.8, 4) is 0 Å². The van der Waals surface area contributed by atoms with Crippen LogP contribution in [0.4, 0.5) is 4.79 Å². The van der Waals surface area contributed by atoms with Crippen LogP contribution in [-0.4, -0.2) is 50.3 Å². The molecular formula is C21H30N2O6S. The molecule has 1 aliphatic rings. The molecule has 0 aliphatic carbocycles. The maximum absolute atomic E-state index is 12.4. The summed E-state index contributed by atoms with van der Waals surface area (Å²) in [4.78, 5) is 25.9. The first kappa shape index (κ1) is 23.9. The van der Waals surface area contributed by atoms with Crippen molar-refractivity contribution in [1.82, 2.24) is 10.2 Å². The lowest BCUT2D eigenvalue weighted by atomic mass is 9.98. The van der Waals surface area contributed by atoms with Crippen LogP contribution in [0.3, 0.4) is 0 Å². The summed E-state index contributed by atoms with van der Waals surface area (Å²) in [5.74, 6) is 0.00715. The van der Waals surface area contributed by atoms with E-state index in [0.717, 1.165) is 17.4 Å². The van der Waals surface area contributed by atoms with Crippen molar-refractivity contribution in [3.63, 3.8) is 0 Å². The second kappa shape index (κ2) is 9.61. The molecule has 1 aliphatic heterocycles. The number of alkyl carbamates (subject to hydrolysis) is 1. The highest BCUT2D eigenvalue weighted by molar-refractivity contribution is 7.85. The van der Waals surface area contributed by atoms with Gasteiger partial charge in [-0.3, -0.25) is 8.98 Å². The number of likely N-dealkylation sites (tertiary alicyclic amines) is 1. The number of carbonyl (C=O) groups excluding carboxylic acids is 2. The van der Waals surface area contributed by atoms with E-state index in [9.17, 15) is 18.0 Å². The van der Waals surface area contributed by atoms with Gasteiger partial charge in [0.05, 0.1) is 18.9 Å². The lowest BCUT2D eigenvalue weighted by molar-refractivity contribution is -0.129. The Hall–Kier alpha value is -2.39. The standard InChI is InChI=1S/C21H30N2O6S/c1-6-15-7-8-16(13-17(15)14-28-30(5,26)27)18-9-10-19(24)23(18)12-11-22-20(25)29-21(2,3)4/h6-8,13,18H,1,9-12,14H2,2-5H3,(H,22,25). The lowest BCUT2D eigenvalue weighted by Gasteiger charge is -2.26. The zero-order valence-electron chi connectivity index (χ0n) is 17.9. The van der Waals surface area contributed by atoms with E-state index in [1.165, 1.54) is 0 Å². The zero-order valence-corrected chi connectivity index (χ0v) is 18.8. The molecule has 0 spiro atoms. The van der Waals surface area contributed by atoms with E-state index in [2.05, 4.69) is 11.9 Å². The first-order chi connectivity index (χ1) is 13.9. The largest absolute Gasteiger partial charge is 0.444 e. The van der Waals surface area contributed by atoms with Crippen LogP contribution in [0.2, 0.25) is 0 Å². The van der Waals surface area contributed by atoms with E-state index in [0.29, 0.717) is 24.9 Å². The highest BCUT2D eigenvalue weighted by atomic mass is 32.2. The van der Waals surface area contributed by atoms with Gasteiger partial charge < -0.3 is 15.0 Å². The summed E-state index contributed by atoms with van der Waals surface area (Å²) in [7, 11) is -3.58. The molecule has 9 heteroatoms. The number of rotatable bonds is 8. The molecule has 1 heterocycles. The van der Waals surface area contributed by atoms with Crippen LogP contribution >= 0.6 is 0 Å². The molecule has 0 radical (unpaired) electrons. The van der Waals surface area contributed by atoms with Gasteiger partial charge in [-0.15, -0.1) is 0 Å². The van der Waals surface area contributed by atoms with E-state index in [1.54, 1.807) is 31.7 Å². The minimum atomic E-state index is -3.58. The van der Waals surface area contributed by atoms with Gasteiger partial charge in [-0.2, -0.15) is 8.42 Å². The molecule has 1 aromatic rings. The Kier molecular flexibility index (Phi) is 7.65. The third kappa shape index (κ3) is 7.14. The summed E-state index contributed by atoms with van der Waals surface area (Å²) >= 11 is 0. The molecule has 1 saturated heterocycles. The first-order valence-corrected chi connectivity index (χ1v) is 11.6. The van der Waals surface area contributed by atoms with E-state index in [4.69, 9.17) is 8.92 Å². The molecule has 166 valence electrons.